The van der Waals surface area contributed by atoms with E-state index in [1.165, 1.54) is 0 Å². The van der Waals surface area contributed by atoms with Gasteiger partial charge in [0.15, 0.2) is 5.82 Å². The number of aromatic nitrogens is 2. The Kier molecular flexibility index (Phi) is 6.02. The largest absolute Gasteiger partial charge is 0.478 e. The van der Waals surface area contributed by atoms with E-state index in [0.717, 1.165) is 12.2 Å². The van der Waals surface area contributed by atoms with Crippen LogP contribution in [0.1, 0.15) is 39.9 Å². The van der Waals surface area contributed by atoms with E-state index in [9.17, 15) is 0 Å². The van der Waals surface area contributed by atoms with E-state index >= 15 is 0 Å². The number of ether oxygens (including phenoxy) is 2. The minimum Gasteiger partial charge on any atom is -0.478 e. The summed E-state index contributed by atoms with van der Waals surface area (Å²) in [4.78, 5) is 8.66. The van der Waals surface area contributed by atoms with Gasteiger partial charge in [-0.05, 0) is 18.8 Å². The van der Waals surface area contributed by atoms with Gasteiger partial charge in [-0.3, -0.25) is 0 Å². The summed E-state index contributed by atoms with van der Waals surface area (Å²) in [5, 5.41) is 3.00. The van der Waals surface area contributed by atoms with Gasteiger partial charge in [-0.25, -0.2) is 4.98 Å². The molecule has 5 heteroatoms. The third-order valence-electron chi connectivity index (χ3n) is 2.54. The first kappa shape index (κ1) is 15.7. The number of nitrogens with one attached hydrogen (secondary N) is 1. The Bertz CT molecular complexity index is 389. The van der Waals surface area contributed by atoms with Crippen molar-refractivity contribution in [2.24, 2.45) is 5.41 Å². The first-order chi connectivity index (χ1) is 8.94. The molecule has 0 aliphatic heterocycles. The van der Waals surface area contributed by atoms with Gasteiger partial charge in [0, 0.05) is 19.7 Å². The van der Waals surface area contributed by atoms with Crippen molar-refractivity contribution in [1.29, 1.82) is 0 Å². The lowest BCUT2D eigenvalue weighted by atomic mass is 9.93. The molecule has 0 aliphatic rings. The standard InChI is InChI=1S/C14H25N3O2/c1-6-18-10-12-16-11(15-5)9-13(17-12)19-8-7-14(2,3)4/h9H,6-8,10H2,1-5H3,(H,15,16,17). The first-order valence-electron chi connectivity index (χ1n) is 6.71. The molecule has 0 aliphatic carbocycles. The molecule has 1 N–H and O–H groups in total. The van der Waals surface area contributed by atoms with Crippen LogP contribution in [0.5, 0.6) is 5.88 Å². The van der Waals surface area contributed by atoms with E-state index in [-0.39, 0.29) is 5.41 Å². The summed E-state index contributed by atoms with van der Waals surface area (Å²) >= 11 is 0. The summed E-state index contributed by atoms with van der Waals surface area (Å²) in [6.45, 7) is 10.2. The Balaban J connectivity index is 2.65. The Morgan fingerprint density at radius 1 is 1.26 bits per heavy atom. The zero-order valence-corrected chi connectivity index (χ0v) is 12.6. The van der Waals surface area contributed by atoms with Crippen LogP contribution in [0.2, 0.25) is 0 Å². The minimum absolute atomic E-state index is 0.257. The topological polar surface area (TPSA) is 56.3 Å². The van der Waals surface area contributed by atoms with Crippen LogP contribution in [0.4, 0.5) is 5.82 Å². The fourth-order valence-electron chi connectivity index (χ4n) is 1.39. The summed E-state index contributed by atoms with van der Waals surface area (Å²) in [7, 11) is 1.83. The van der Waals surface area contributed by atoms with Crippen molar-refractivity contribution in [3.8, 4) is 5.88 Å². The summed E-state index contributed by atoms with van der Waals surface area (Å²) < 4.78 is 11.0. The van der Waals surface area contributed by atoms with Gasteiger partial charge in [-0.2, -0.15) is 4.98 Å². The Hall–Kier alpha value is -1.36. The SMILES string of the molecule is CCOCc1nc(NC)cc(OCCC(C)(C)C)n1. The second-order valence-electron chi connectivity index (χ2n) is 5.55. The lowest BCUT2D eigenvalue weighted by molar-refractivity contribution is 0.127. The van der Waals surface area contributed by atoms with Crippen LogP contribution in [0.3, 0.4) is 0 Å². The summed E-state index contributed by atoms with van der Waals surface area (Å²) in [6, 6.07) is 1.80. The smallest absolute Gasteiger partial charge is 0.218 e. The van der Waals surface area contributed by atoms with Crippen LogP contribution in [0.15, 0.2) is 6.07 Å². The summed E-state index contributed by atoms with van der Waals surface area (Å²) in [5.74, 6) is 1.98. The lowest BCUT2D eigenvalue weighted by Gasteiger charge is -2.18. The molecule has 0 saturated heterocycles. The maximum Gasteiger partial charge on any atom is 0.218 e. The van der Waals surface area contributed by atoms with Gasteiger partial charge in [-0.1, -0.05) is 20.8 Å². The van der Waals surface area contributed by atoms with Crippen LogP contribution in [0, 0.1) is 5.41 Å². The Morgan fingerprint density at radius 3 is 2.58 bits per heavy atom. The molecule has 0 unspecified atom stereocenters. The minimum atomic E-state index is 0.257. The second-order valence-corrected chi connectivity index (χ2v) is 5.55. The van der Waals surface area contributed by atoms with Gasteiger partial charge in [0.2, 0.25) is 5.88 Å². The molecule has 0 atom stereocenters. The molecule has 0 aromatic carbocycles. The Labute approximate surface area is 115 Å². The molecule has 5 nitrogen and oxygen atoms in total. The second kappa shape index (κ2) is 7.28. The molecule has 1 aromatic heterocycles. The number of hydrogen-bond donors (Lipinski definition) is 1. The average Bonchev–Trinajstić information content (AvgIpc) is 2.34. The van der Waals surface area contributed by atoms with Crippen molar-refractivity contribution in [2.45, 2.75) is 40.7 Å². The molecule has 0 fully saturated rings. The highest BCUT2D eigenvalue weighted by molar-refractivity contribution is 5.37. The predicted octanol–water partition coefficient (Wildman–Crippen LogP) is 2.87. The van der Waals surface area contributed by atoms with Crippen LogP contribution in [-0.2, 0) is 11.3 Å². The molecule has 0 spiro atoms. The monoisotopic (exact) mass is 267 g/mol. The van der Waals surface area contributed by atoms with Gasteiger partial charge >= 0.3 is 0 Å². The number of hydrogen-bond acceptors (Lipinski definition) is 5. The number of nitrogens with zero attached hydrogens (tertiary/aromatic N) is 2. The molecule has 1 rings (SSSR count). The van der Waals surface area contributed by atoms with Gasteiger partial charge in [0.1, 0.15) is 12.4 Å². The van der Waals surface area contributed by atoms with Gasteiger partial charge in [0.25, 0.3) is 0 Å². The van der Waals surface area contributed by atoms with Crippen molar-refractivity contribution >= 4 is 5.82 Å². The molecule has 1 heterocycles. The van der Waals surface area contributed by atoms with Crippen molar-refractivity contribution < 1.29 is 9.47 Å². The van der Waals surface area contributed by atoms with Gasteiger partial charge in [-0.15, -0.1) is 0 Å². The molecule has 0 saturated carbocycles. The molecule has 0 radical (unpaired) electrons. The normalized spacial score (nSPS) is 11.4. The van der Waals surface area contributed by atoms with Gasteiger partial charge < -0.3 is 14.8 Å². The van der Waals surface area contributed by atoms with Crippen molar-refractivity contribution in [3.05, 3.63) is 11.9 Å². The number of rotatable bonds is 7. The molecular formula is C14H25N3O2. The van der Waals surface area contributed by atoms with E-state index in [2.05, 4.69) is 36.1 Å². The van der Waals surface area contributed by atoms with Crippen LogP contribution in [0.25, 0.3) is 0 Å². The van der Waals surface area contributed by atoms with Crippen LogP contribution in [-0.4, -0.2) is 30.2 Å². The third kappa shape index (κ3) is 6.38. The maximum atomic E-state index is 5.70. The quantitative estimate of drug-likeness (QED) is 0.823. The maximum absolute atomic E-state index is 5.70. The van der Waals surface area contributed by atoms with E-state index in [0.29, 0.717) is 31.5 Å². The van der Waals surface area contributed by atoms with Gasteiger partial charge in [0.05, 0.1) is 6.61 Å². The predicted molar refractivity (Wildman–Crippen MR) is 76.5 cm³/mol. The molecule has 19 heavy (non-hydrogen) atoms. The van der Waals surface area contributed by atoms with Crippen molar-refractivity contribution in [1.82, 2.24) is 9.97 Å². The zero-order valence-electron chi connectivity index (χ0n) is 12.6. The highest BCUT2D eigenvalue weighted by Gasteiger charge is 2.11. The average molecular weight is 267 g/mol. The van der Waals surface area contributed by atoms with E-state index < -0.39 is 0 Å². The van der Waals surface area contributed by atoms with E-state index in [1.807, 2.05) is 14.0 Å². The molecule has 1 aromatic rings. The van der Waals surface area contributed by atoms with Crippen LogP contribution < -0.4 is 10.1 Å². The Morgan fingerprint density at radius 2 is 2.00 bits per heavy atom. The zero-order chi connectivity index (χ0) is 14.3. The molecule has 108 valence electrons. The fourth-order valence-corrected chi connectivity index (χ4v) is 1.39. The summed E-state index contributed by atoms with van der Waals surface area (Å²) in [5.41, 5.74) is 0.257. The van der Waals surface area contributed by atoms with Crippen molar-refractivity contribution in [2.75, 3.05) is 25.6 Å². The fraction of sp³-hybridized carbons (Fsp3) is 0.714. The molecule has 0 bridgehead atoms. The van der Waals surface area contributed by atoms with Crippen LogP contribution >= 0.6 is 0 Å². The van der Waals surface area contributed by atoms with E-state index in [1.54, 1.807) is 6.07 Å². The van der Waals surface area contributed by atoms with Crippen molar-refractivity contribution in [3.63, 3.8) is 0 Å². The molecule has 0 amide bonds. The highest BCUT2D eigenvalue weighted by Crippen LogP contribution is 2.20. The summed E-state index contributed by atoms with van der Waals surface area (Å²) in [6.07, 6.45) is 0.979. The lowest BCUT2D eigenvalue weighted by Crippen LogP contribution is -2.12. The third-order valence-corrected chi connectivity index (χ3v) is 2.54. The number of anilines is 1. The first-order valence-corrected chi connectivity index (χ1v) is 6.71. The highest BCUT2D eigenvalue weighted by atomic mass is 16.5. The molecular weight excluding hydrogens is 242 g/mol. The van der Waals surface area contributed by atoms with E-state index in [4.69, 9.17) is 9.47 Å².